The molecule has 16 heavy (non-hydrogen) atoms. The van der Waals surface area contributed by atoms with E-state index in [4.69, 9.17) is 4.74 Å². The van der Waals surface area contributed by atoms with E-state index in [-0.39, 0.29) is 18.4 Å². The highest BCUT2D eigenvalue weighted by Gasteiger charge is 2.27. The quantitative estimate of drug-likeness (QED) is 0.733. The maximum Gasteiger partial charge on any atom is 0.311 e. The first-order valence-corrected chi connectivity index (χ1v) is 5.38. The van der Waals surface area contributed by atoms with Gasteiger partial charge in [0.2, 0.25) is 0 Å². The monoisotopic (exact) mass is 224 g/mol. The zero-order valence-corrected chi connectivity index (χ0v) is 9.92. The molecule has 1 rings (SSSR count). The molecule has 0 N–H and O–H groups in total. The molecule has 0 aromatic heterocycles. The zero-order chi connectivity index (χ0) is 12.2. The molecule has 0 spiro atoms. The fourth-order valence-electron chi connectivity index (χ4n) is 1.10. The predicted molar refractivity (Wildman–Crippen MR) is 60.3 cm³/mol. The Labute approximate surface area is 95.4 Å². The number of hydrogen-bond donors (Lipinski definition) is 0. The van der Waals surface area contributed by atoms with Gasteiger partial charge in [0.25, 0.3) is 0 Å². The van der Waals surface area contributed by atoms with Gasteiger partial charge in [0.05, 0.1) is 5.41 Å². The smallest absolute Gasteiger partial charge is 0.311 e. The first-order valence-electron chi connectivity index (χ1n) is 5.38. The van der Waals surface area contributed by atoms with E-state index in [9.17, 15) is 9.18 Å². The average Bonchev–Trinajstić information content (AvgIpc) is 2.27. The summed E-state index contributed by atoms with van der Waals surface area (Å²) < 4.78 is 18.3. The normalized spacial score (nSPS) is 11.2. The molecule has 0 fully saturated rings. The van der Waals surface area contributed by atoms with Crippen LogP contribution in [0.15, 0.2) is 24.3 Å². The summed E-state index contributed by atoms with van der Waals surface area (Å²) in [4.78, 5) is 11.6. The van der Waals surface area contributed by atoms with Gasteiger partial charge in [0.1, 0.15) is 12.4 Å². The molecular formula is C13H17FO2. The minimum atomic E-state index is -0.509. The Morgan fingerprint density at radius 2 is 2.00 bits per heavy atom. The molecule has 0 unspecified atom stereocenters. The molecule has 2 nitrogen and oxygen atoms in total. The Morgan fingerprint density at radius 3 is 2.56 bits per heavy atom. The first kappa shape index (κ1) is 12.7. The van der Waals surface area contributed by atoms with Gasteiger partial charge in [-0.25, -0.2) is 4.39 Å². The van der Waals surface area contributed by atoms with Crippen LogP contribution in [-0.2, 0) is 16.1 Å². The number of ether oxygens (including phenoxy) is 1. The molecule has 3 heteroatoms. The number of rotatable bonds is 4. The molecule has 0 saturated carbocycles. The third-order valence-electron chi connectivity index (χ3n) is 2.75. The Kier molecular flexibility index (Phi) is 4.05. The highest BCUT2D eigenvalue weighted by Crippen LogP contribution is 2.22. The Balaban J connectivity index is 2.59. The molecule has 1 aromatic carbocycles. The molecular weight excluding hydrogens is 207 g/mol. The number of esters is 1. The lowest BCUT2D eigenvalue weighted by molar-refractivity contribution is -0.155. The summed E-state index contributed by atoms with van der Waals surface area (Å²) in [6.07, 6.45) is 0.698. The van der Waals surface area contributed by atoms with Crippen molar-refractivity contribution in [3.63, 3.8) is 0 Å². The van der Waals surface area contributed by atoms with E-state index in [1.807, 2.05) is 20.8 Å². The summed E-state index contributed by atoms with van der Waals surface area (Å²) in [5, 5.41) is 0. The summed E-state index contributed by atoms with van der Waals surface area (Å²) in [6, 6.07) is 6.30. The highest BCUT2D eigenvalue weighted by atomic mass is 19.1. The van der Waals surface area contributed by atoms with Crippen LogP contribution in [0.25, 0.3) is 0 Å². The van der Waals surface area contributed by atoms with Crippen LogP contribution in [0, 0.1) is 11.2 Å². The summed E-state index contributed by atoms with van der Waals surface area (Å²) in [7, 11) is 0. The van der Waals surface area contributed by atoms with Gasteiger partial charge < -0.3 is 4.74 Å². The second kappa shape index (κ2) is 5.10. The average molecular weight is 224 g/mol. The molecule has 0 aliphatic rings. The van der Waals surface area contributed by atoms with Crippen molar-refractivity contribution < 1.29 is 13.9 Å². The molecule has 88 valence electrons. The van der Waals surface area contributed by atoms with Crippen molar-refractivity contribution in [2.75, 3.05) is 0 Å². The van der Waals surface area contributed by atoms with Crippen molar-refractivity contribution in [2.45, 2.75) is 33.8 Å². The second-order valence-corrected chi connectivity index (χ2v) is 4.40. The van der Waals surface area contributed by atoms with Crippen LogP contribution in [0.1, 0.15) is 32.8 Å². The zero-order valence-electron chi connectivity index (χ0n) is 9.92. The van der Waals surface area contributed by atoms with Crippen molar-refractivity contribution in [1.29, 1.82) is 0 Å². The first-order chi connectivity index (χ1) is 7.47. The lowest BCUT2D eigenvalue weighted by atomic mass is 9.91. The maximum atomic E-state index is 13.2. The van der Waals surface area contributed by atoms with E-state index in [0.29, 0.717) is 12.0 Å². The summed E-state index contributed by atoms with van der Waals surface area (Å²) in [5.74, 6) is -0.636. The van der Waals surface area contributed by atoms with Crippen molar-refractivity contribution in [3.8, 4) is 0 Å². The lowest BCUT2D eigenvalue weighted by Gasteiger charge is -2.20. The van der Waals surface area contributed by atoms with Crippen LogP contribution >= 0.6 is 0 Å². The third-order valence-corrected chi connectivity index (χ3v) is 2.75. The van der Waals surface area contributed by atoms with Crippen LogP contribution in [0.3, 0.4) is 0 Å². The van der Waals surface area contributed by atoms with Gasteiger partial charge in [0.15, 0.2) is 0 Å². The molecule has 0 amide bonds. The van der Waals surface area contributed by atoms with Crippen molar-refractivity contribution in [2.24, 2.45) is 5.41 Å². The fourth-order valence-corrected chi connectivity index (χ4v) is 1.10. The fraction of sp³-hybridized carbons (Fsp3) is 0.462. The van der Waals surface area contributed by atoms with E-state index in [1.165, 1.54) is 6.07 Å². The van der Waals surface area contributed by atoms with E-state index in [2.05, 4.69) is 0 Å². The molecule has 0 radical (unpaired) electrons. The molecule has 0 aliphatic carbocycles. The van der Waals surface area contributed by atoms with Gasteiger partial charge in [-0.05, 0) is 26.3 Å². The summed E-state index contributed by atoms with van der Waals surface area (Å²) in [5.41, 5.74) is -0.103. The molecule has 0 saturated heterocycles. The molecule has 0 aliphatic heterocycles. The van der Waals surface area contributed by atoms with Crippen LogP contribution in [0.5, 0.6) is 0 Å². The lowest BCUT2D eigenvalue weighted by Crippen LogP contribution is -2.25. The van der Waals surface area contributed by atoms with E-state index >= 15 is 0 Å². The predicted octanol–water partition coefficient (Wildman–Crippen LogP) is 3.31. The van der Waals surface area contributed by atoms with Gasteiger partial charge in [-0.2, -0.15) is 0 Å². The van der Waals surface area contributed by atoms with E-state index < -0.39 is 5.41 Å². The van der Waals surface area contributed by atoms with Gasteiger partial charge in [-0.15, -0.1) is 0 Å². The second-order valence-electron chi connectivity index (χ2n) is 4.40. The molecule has 0 bridgehead atoms. The number of carbonyl (C=O) groups is 1. The summed E-state index contributed by atoms with van der Waals surface area (Å²) in [6.45, 7) is 5.55. The van der Waals surface area contributed by atoms with Crippen LogP contribution in [0.4, 0.5) is 4.39 Å². The Hall–Kier alpha value is -1.38. The maximum absolute atomic E-state index is 13.2. The van der Waals surface area contributed by atoms with Gasteiger partial charge >= 0.3 is 5.97 Å². The standard InChI is InChI=1S/C13H17FO2/c1-4-13(2,3)12(15)16-9-10-7-5-6-8-11(10)14/h5-8H,4,9H2,1-3H3. The minimum absolute atomic E-state index is 0.00502. The van der Waals surface area contributed by atoms with E-state index in [1.54, 1.807) is 18.2 Å². The number of benzene rings is 1. The van der Waals surface area contributed by atoms with Crippen molar-refractivity contribution in [1.82, 2.24) is 0 Å². The van der Waals surface area contributed by atoms with Crippen LogP contribution < -0.4 is 0 Å². The van der Waals surface area contributed by atoms with Gasteiger partial charge in [-0.3, -0.25) is 4.79 Å². The molecule has 1 aromatic rings. The number of carbonyl (C=O) groups excluding carboxylic acids is 1. The number of hydrogen-bond acceptors (Lipinski definition) is 2. The Morgan fingerprint density at radius 1 is 1.38 bits per heavy atom. The van der Waals surface area contributed by atoms with Gasteiger partial charge in [-0.1, -0.05) is 25.1 Å². The molecule has 0 heterocycles. The van der Waals surface area contributed by atoms with Crippen molar-refractivity contribution in [3.05, 3.63) is 35.6 Å². The SMILES string of the molecule is CCC(C)(C)C(=O)OCc1ccccc1F. The van der Waals surface area contributed by atoms with E-state index in [0.717, 1.165) is 0 Å². The largest absolute Gasteiger partial charge is 0.460 e. The van der Waals surface area contributed by atoms with Crippen LogP contribution in [0.2, 0.25) is 0 Å². The van der Waals surface area contributed by atoms with Gasteiger partial charge in [0, 0.05) is 5.56 Å². The Bertz CT molecular complexity index is 372. The molecule has 0 atom stereocenters. The third kappa shape index (κ3) is 3.05. The van der Waals surface area contributed by atoms with Crippen molar-refractivity contribution >= 4 is 5.97 Å². The summed E-state index contributed by atoms with van der Waals surface area (Å²) >= 11 is 0. The van der Waals surface area contributed by atoms with Crippen LogP contribution in [-0.4, -0.2) is 5.97 Å². The number of halogens is 1. The highest BCUT2D eigenvalue weighted by molar-refractivity contribution is 5.75. The topological polar surface area (TPSA) is 26.3 Å². The minimum Gasteiger partial charge on any atom is -0.460 e.